The molecule has 1 fully saturated rings. The fourth-order valence-corrected chi connectivity index (χ4v) is 4.00. The van der Waals surface area contributed by atoms with Gasteiger partial charge in [-0.1, -0.05) is 12.1 Å². The largest absolute Gasteiger partial charge is 0.465 e. The highest BCUT2D eigenvalue weighted by molar-refractivity contribution is 7.09. The summed E-state index contributed by atoms with van der Waals surface area (Å²) in [5.74, 6) is 0. The lowest BCUT2D eigenvalue weighted by molar-refractivity contribution is -0.137. The maximum Gasteiger partial charge on any atom is 0.416 e. The molecule has 27 heavy (non-hydrogen) atoms. The molecule has 0 unspecified atom stereocenters. The van der Waals surface area contributed by atoms with Crippen LogP contribution < -0.4 is 0 Å². The first kappa shape index (κ1) is 19.6. The van der Waals surface area contributed by atoms with E-state index in [1.807, 2.05) is 5.38 Å². The van der Waals surface area contributed by atoms with Gasteiger partial charge in [-0.15, -0.1) is 11.3 Å². The van der Waals surface area contributed by atoms with Crippen LogP contribution in [0, 0.1) is 0 Å². The highest BCUT2D eigenvalue weighted by Gasteiger charge is 2.30. The Labute approximate surface area is 159 Å². The number of aromatic nitrogens is 1. The van der Waals surface area contributed by atoms with E-state index in [-0.39, 0.29) is 6.04 Å². The van der Waals surface area contributed by atoms with Crippen molar-refractivity contribution in [1.82, 2.24) is 14.8 Å². The Morgan fingerprint density at radius 3 is 2.48 bits per heavy atom. The van der Waals surface area contributed by atoms with Gasteiger partial charge >= 0.3 is 12.3 Å². The summed E-state index contributed by atoms with van der Waals surface area (Å²) in [4.78, 5) is 19.2. The van der Waals surface area contributed by atoms with Gasteiger partial charge in [0.1, 0.15) is 5.01 Å². The smallest absolute Gasteiger partial charge is 0.416 e. The van der Waals surface area contributed by atoms with Crippen molar-refractivity contribution >= 4 is 17.4 Å². The van der Waals surface area contributed by atoms with E-state index in [1.54, 1.807) is 7.05 Å². The standard InChI is InChI=1S/C18H20F3N3O2S/c1-23(17(25)26)14-6-8-24(9-7-14)10-16-22-15(11-27-16)12-2-4-13(5-3-12)18(19,20)21/h2-5,11,14H,6-10H2,1H3,(H,25,26). The Morgan fingerprint density at radius 1 is 1.30 bits per heavy atom. The third-order valence-corrected chi connectivity index (χ3v) is 5.66. The molecule has 3 rings (SSSR count). The van der Waals surface area contributed by atoms with Crippen molar-refractivity contribution in [3.63, 3.8) is 0 Å². The van der Waals surface area contributed by atoms with Crippen LogP contribution in [-0.4, -0.2) is 52.2 Å². The zero-order valence-electron chi connectivity index (χ0n) is 14.7. The number of rotatable bonds is 4. The number of piperidine rings is 1. The maximum atomic E-state index is 12.7. The number of halogens is 3. The Kier molecular flexibility index (Phi) is 5.71. The van der Waals surface area contributed by atoms with E-state index < -0.39 is 17.8 Å². The zero-order chi connectivity index (χ0) is 19.6. The highest BCUT2D eigenvalue weighted by Crippen LogP contribution is 2.31. The molecular weight excluding hydrogens is 379 g/mol. The molecule has 0 saturated carbocycles. The molecule has 2 heterocycles. The third kappa shape index (κ3) is 4.78. The lowest BCUT2D eigenvalue weighted by atomic mass is 10.0. The lowest BCUT2D eigenvalue weighted by Gasteiger charge is -2.35. The van der Waals surface area contributed by atoms with Crippen molar-refractivity contribution in [2.75, 3.05) is 20.1 Å². The number of nitrogens with zero attached hydrogens (tertiary/aromatic N) is 3. The van der Waals surface area contributed by atoms with Crippen LogP contribution in [0.15, 0.2) is 29.6 Å². The Morgan fingerprint density at radius 2 is 1.93 bits per heavy atom. The molecular formula is C18H20F3N3O2S. The second kappa shape index (κ2) is 7.85. The summed E-state index contributed by atoms with van der Waals surface area (Å²) in [6, 6.07) is 5.05. The highest BCUT2D eigenvalue weighted by atomic mass is 32.1. The maximum absolute atomic E-state index is 12.7. The number of amides is 1. The molecule has 0 spiro atoms. The topological polar surface area (TPSA) is 56.7 Å². The molecule has 1 aliphatic rings. The number of thiazole rings is 1. The van der Waals surface area contributed by atoms with Gasteiger partial charge in [0.2, 0.25) is 0 Å². The fourth-order valence-electron chi connectivity index (χ4n) is 3.16. The van der Waals surface area contributed by atoms with Crippen LogP contribution in [0.4, 0.5) is 18.0 Å². The summed E-state index contributed by atoms with van der Waals surface area (Å²) >= 11 is 1.48. The van der Waals surface area contributed by atoms with Crippen LogP contribution in [0.3, 0.4) is 0 Å². The van der Waals surface area contributed by atoms with E-state index in [2.05, 4.69) is 9.88 Å². The molecule has 5 nitrogen and oxygen atoms in total. The average Bonchev–Trinajstić information content (AvgIpc) is 3.09. The molecule has 0 aliphatic carbocycles. The summed E-state index contributed by atoms with van der Waals surface area (Å²) < 4.78 is 38.0. The van der Waals surface area contributed by atoms with Gasteiger partial charge < -0.3 is 10.0 Å². The van der Waals surface area contributed by atoms with Gasteiger partial charge in [-0.2, -0.15) is 13.2 Å². The number of carbonyl (C=O) groups is 1. The number of carboxylic acid groups (broad SMARTS) is 1. The molecule has 1 amide bonds. The van der Waals surface area contributed by atoms with Crippen LogP contribution >= 0.6 is 11.3 Å². The Bertz CT molecular complexity index is 784. The SMILES string of the molecule is CN(C(=O)O)C1CCN(Cc2nc(-c3ccc(C(F)(F)F)cc3)cs2)CC1. The molecule has 0 radical (unpaired) electrons. The molecule has 1 aromatic carbocycles. The first-order valence-corrected chi connectivity index (χ1v) is 9.42. The van der Waals surface area contributed by atoms with Crippen molar-refractivity contribution in [2.24, 2.45) is 0 Å². The minimum atomic E-state index is -4.34. The molecule has 146 valence electrons. The molecule has 9 heteroatoms. The van der Waals surface area contributed by atoms with E-state index >= 15 is 0 Å². The first-order chi connectivity index (χ1) is 12.7. The molecule has 1 aromatic heterocycles. The van der Waals surface area contributed by atoms with Crippen LogP contribution in [0.2, 0.25) is 0 Å². The minimum absolute atomic E-state index is 0.0396. The van der Waals surface area contributed by atoms with Gasteiger partial charge in [0.25, 0.3) is 0 Å². The van der Waals surface area contributed by atoms with Crippen molar-refractivity contribution in [2.45, 2.75) is 31.6 Å². The summed E-state index contributed by atoms with van der Waals surface area (Å²) in [7, 11) is 1.60. The van der Waals surface area contributed by atoms with Gasteiger partial charge in [0.15, 0.2) is 0 Å². The van der Waals surface area contributed by atoms with E-state index in [1.165, 1.54) is 28.4 Å². The van der Waals surface area contributed by atoms with Gasteiger partial charge in [0.05, 0.1) is 17.8 Å². The number of hydrogen-bond acceptors (Lipinski definition) is 4. The Balaban J connectivity index is 1.58. The average molecular weight is 399 g/mol. The predicted molar refractivity (Wildman–Crippen MR) is 96.6 cm³/mol. The summed E-state index contributed by atoms with van der Waals surface area (Å²) in [6.07, 6.45) is -3.69. The fraction of sp³-hybridized carbons (Fsp3) is 0.444. The number of likely N-dealkylation sites (tertiary alicyclic amines) is 1. The van der Waals surface area contributed by atoms with Crippen LogP contribution in [0.5, 0.6) is 0 Å². The number of hydrogen-bond donors (Lipinski definition) is 1. The molecule has 1 N–H and O–H groups in total. The second-order valence-corrected chi connectivity index (χ2v) is 7.55. The predicted octanol–water partition coefficient (Wildman–Crippen LogP) is 4.40. The van der Waals surface area contributed by atoms with Crippen molar-refractivity contribution < 1.29 is 23.1 Å². The van der Waals surface area contributed by atoms with E-state index in [4.69, 9.17) is 5.11 Å². The van der Waals surface area contributed by atoms with Gasteiger partial charge in [-0.25, -0.2) is 9.78 Å². The van der Waals surface area contributed by atoms with Gasteiger partial charge in [-0.05, 0) is 25.0 Å². The second-order valence-electron chi connectivity index (χ2n) is 6.60. The molecule has 0 atom stereocenters. The minimum Gasteiger partial charge on any atom is -0.465 e. The summed E-state index contributed by atoms with van der Waals surface area (Å²) in [6.45, 7) is 2.24. The normalized spacial score (nSPS) is 16.4. The molecule has 1 saturated heterocycles. The van der Waals surface area contributed by atoms with Crippen LogP contribution in [0.1, 0.15) is 23.4 Å². The van der Waals surface area contributed by atoms with E-state index in [0.29, 0.717) is 17.8 Å². The quantitative estimate of drug-likeness (QED) is 0.828. The lowest BCUT2D eigenvalue weighted by Crippen LogP contribution is -2.44. The number of benzene rings is 1. The third-order valence-electron chi connectivity index (χ3n) is 4.83. The van der Waals surface area contributed by atoms with Crippen molar-refractivity contribution in [3.8, 4) is 11.3 Å². The zero-order valence-corrected chi connectivity index (χ0v) is 15.6. The van der Waals surface area contributed by atoms with Crippen molar-refractivity contribution in [3.05, 3.63) is 40.2 Å². The van der Waals surface area contributed by atoms with Crippen LogP contribution in [-0.2, 0) is 12.7 Å². The molecule has 0 bridgehead atoms. The van der Waals surface area contributed by atoms with E-state index in [9.17, 15) is 18.0 Å². The van der Waals surface area contributed by atoms with Gasteiger partial charge in [-0.3, -0.25) is 4.90 Å². The van der Waals surface area contributed by atoms with E-state index in [0.717, 1.165) is 43.1 Å². The number of alkyl halides is 3. The molecule has 2 aromatic rings. The monoisotopic (exact) mass is 399 g/mol. The van der Waals surface area contributed by atoms with Crippen molar-refractivity contribution in [1.29, 1.82) is 0 Å². The van der Waals surface area contributed by atoms with Gasteiger partial charge in [0, 0.05) is 37.1 Å². The first-order valence-electron chi connectivity index (χ1n) is 8.54. The Hall–Kier alpha value is -2.13. The summed E-state index contributed by atoms with van der Waals surface area (Å²) in [5, 5.41) is 11.8. The van der Waals surface area contributed by atoms with Crippen LogP contribution in [0.25, 0.3) is 11.3 Å². The summed E-state index contributed by atoms with van der Waals surface area (Å²) in [5.41, 5.74) is 0.660. The molecule has 1 aliphatic heterocycles.